The zero-order valence-corrected chi connectivity index (χ0v) is 15.1. The molecule has 0 bridgehead atoms. The number of ether oxygens (including phenoxy) is 1. The van der Waals surface area contributed by atoms with Gasteiger partial charge in [0.15, 0.2) is 0 Å². The Bertz CT molecular complexity index is 758. The molecule has 0 saturated carbocycles. The summed E-state index contributed by atoms with van der Waals surface area (Å²) in [5, 5.41) is 9.75. The number of aliphatic hydroxyl groups is 1. The van der Waals surface area contributed by atoms with E-state index >= 15 is 0 Å². The zero-order valence-electron chi connectivity index (χ0n) is 15.1. The molecule has 1 unspecified atom stereocenters. The fourth-order valence-electron chi connectivity index (χ4n) is 2.57. The molecule has 138 valence electrons. The van der Waals surface area contributed by atoms with Crippen LogP contribution in [0.4, 0.5) is 4.39 Å². The molecule has 2 rings (SSSR count). The second kappa shape index (κ2) is 9.73. The number of hydrogen-bond donors (Lipinski definition) is 1. The number of rotatable bonds is 8. The Morgan fingerprint density at radius 2 is 2.04 bits per heavy atom. The summed E-state index contributed by atoms with van der Waals surface area (Å²) in [6.45, 7) is 4.56. The van der Waals surface area contributed by atoms with Gasteiger partial charge in [-0.2, -0.15) is 0 Å². The van der Waals surface area contributed by atoms with Gasteiger partial charge < -0.3 is 14.7 Å². The zero-order chi connectivity index (χ0) is 18.9. The maximum atomic E-state index is 13.3. The Morgan fingerprint density at radius 1 is 1.27 bits per heavy atom. The molecule has 0 aliphatic rings. The molecule has 5 heteroatoms. The molecule has 0 radical (unpaired) electrons. The van der Waals surface area contributed by atoms with E-state index < -0.39 is 6.10 Å². The summed E-state index contributed by atoms with van der Waals surface area (Å²) in [4.78, 5) is 14.1. The van der Waals surface area contributed by atoms with Crippen molar-refractivity contribution in [2.45, 2.75) is 26.5 Å². The molecule has 0 spiro atoms. The third kappa shape index (κ3) is 6.01. The van der Waals surface area contributed by atoms with E-state index in [0.717, 1.165) is 5.56 Å². The van der Waals surface area contributed by atoms with Crippen LogP contribution in [0.3, 0.4) is 0 Å². The third-order valence-corrected chi connectivity index (χ3v) is 3.70. The molecular formula is C21H24FNO3. The topological polar surface area (TPSA) is 49.8 Å². The quantitative estimate of drug-likeness (QED) is 0.734. The molecule has 0 aromatic heterocycles. The second-order valence-electron chi connectivity index (χ2n) is 6.00. The first-order chi connectivity index (χ1) is 12.5. The molecule has 1 atom stereocenters. The molecule has 0 heterocycles. The predicted octanol–water partition coefficient (Wildman–Crippen LogP) is 3.65. The number of halogens is 1. The van der Waals surface area contributed by atoms with Crippen LogP contribution < -0.4 is 4.74 Å². The summed E-state index contributed by atoms with van der Waals surface area (Å²) in [5.41, 5.74) is 1.47. The lowest BCUT2D eigenvalue weighted by molar-refractivity contribution is -0.127. The monoisotopic (exact) mass is 357 g/mol. The van der Waals surface area contributed by atoms with Gasteiger partial charge in [0.1, 0.15) is 11.6 Å². The lowest BCUT2D eigenvalue weighted by Crippen LogP contribution is -2.35. The fraction of sp³-hybridized carbons (Fsp3) is 0.286. The highest BCUT2D eigenvalue weighted by Crippen LogP contribution is 2.20. The first kappa shape index (κ1) is 19.7. The van der Waals surface area contributed by atoms with Crippen molar-refractivity contribution in [1.29, 1.82) is 0 Å². The van der Waals surface area contributed by atoms with Crippen molar-refractivity contribution in [2.24, 2.45) is 0 Å². The molecule has 0 aliphatic heterocycles. The van der Waals surface area contributed by atoms with Gasteiger partial charge in [-0.15, -0.1) is 0 Å². The molecule has 0 aliphatic carbocycles. The van der Waals surface area contributed by atoms with E-state index in [4.69, 9.17) is 4.74 Å². The van der Waals surface area contributed by atoms with E-state index in [2.05, 4.69) is 0 Å². The summed E-state index contributed by atoms with van der Waals surface area (Å²) in [5.74, 6) is 0.0973. The Labute approximate surface area is 153 Å². The summed E-state index contributed by atoms with van der Waals surface area (Å²) in [6, 6.07) is 13.5. The van der Waals surface area contributed by atoms with Gasteiger partial charge in [-0.3, -0.25) is 4.79 Å². The average molecular weight is 357 g/mol. The SMILES string of the molecule is CCOc1ccccc1CN(CC(C)O)C(=O)C=Cc1cccc(F)c1. The third-order valence-electron chi connectivity index (χ3n) is 3.70. The van der Waals surface area contributed by atoms with E-state index in [1.165, 1.54) is 23.1 Å². The van der Waals surface area contributed by atoms with Crippen molar-refractivity contribution in [3.63, 3.8) is 0 Å². The summed E-state index contributed by atoms with van der Waals surface area (Å²) < 4.78 is 18.9. The molecule has 0 fully saturated rings. The van der Waals surface area contributed by atoms with E-state index in [1.54, 1.807) is 25.1 Å². The molecule has 0 saturated heterocycles. The maximum absolute atomic E-state index is 13.3. The molecule has 4 nitrogen and oxygen atoms in total. The highest BCUT2D eigenvalue weighted by Gasteiger charge is 2.16. The molecular weight excluding hydrogens is 333 g/mol. The van der Waals surface area contributed by atoms with Crippen LogP contribution in [0, 0.1) is 5.82 Å². The Hall–Kier alpha value is -2.66. The van der Waals surface area contributed by atoms with Gasteiger partial charge in [0, 0.05) is 24.7 Å². The number of benzene rings is 2. The van der Waals surface area contributed by atoms with Crippen LogP contribution in [-0.4, -0.2) is 35.2 Å². The highest BCUT2D eigenvalue weighted by molar-refractivity contribution is 5.91. The van der Waals surface area contributed by atoms with Crippen LogP contribution >= 0.6 is 0 Å². The Balaban J connectivity index is 2.17. The first-order valence-corrected chi connectivity index (χ1v) is 8.61. The van der Waals surface area contributed by atoms with Gasteiger partial charge in [0.25, 0.3) is 0 Å². The summed E-state index contributed by atoms with van der Waals surface area (Å²) in [7, 11) is 0. The normalized spacial score (nSPS) is 12.2. The van der Waals surface area contributed by atoms with Gasteiger partial charge >= 0.3 is 0 Å². The number of amides is 1. The number of hydrogen-bond acceptors (Lipinski definition) is 3. The average Bonchev–Trinajstić information content (AvgIpc) is 2.60. The minimum atomic E-state index is -0.666. The van der Waals surface area contributed by atoms with Crippen molar-refractivity contribution in [1.82, 2.24) is 4.90 Å². The van der Waals surface area contributed by atoms with Crippen LogP contribution in [0.2, 0.25) is 0 Å². The summed E-state index contributed by atoms with van der Waals surface area (Å²) in [6.07, 6.45) is 2.29. The Kier molecular flexibility index (Phi) is 7.36. The number of para-hydroxylation sites is 1. The van der Waals surface area contributed by atoms with Crippen molar-refractivity contribution in [3.8, 4) is 5.75 Å². The van der Waals surface area contributed by atoms with Crippen molar-refractivity contribution in [2.75, 3.05) is 13.2 Å². The predicted molar refractivity (Wildman–Crippen MR) is 100 cm³/mol. The standard InChI is InChI=1S/C21H24FNO3/c1-3-26-20-10-5-4-8-18(20)15-23(14-16(2)24)21(25)12-11-17-7-6-9-19(22)13-17/h4-13,16,24H,3,14-15H2,1-2H3. The van der Waals surface area contributed by atoms with Gasteiger partial charge in [-0.25, -0.2) is 4.39 Å². The van der Waals surface area contributed by atoms with Crippen LogP contribution in [-0.2, 0) is 11.3 Å². The molecule has 2 aromatic carbocycles. The molecule has 1 amide bonds. The largest absolute Gasteiger partial charge is 0.494 e. The minimum absolute atomic E-state index is 0.187. The van der Waals surface area contributed by atoms with E-state index in [1.807, 2.05) is 31.2 Å². The van der Waals surface area contributed by atoms with Gasteiger partial charge in [-0.05, 0) is 43.7 Å². The smallest absolute Gasteiger partial charge is 0.246 e. The first-order valence-electron chi connectivity index (χ1n) is 8.61. The van der Waals surface area contributed by atoms with Crippen molar-refractivity contribution in [3.05, 3.63) is 71.6 Å². The van der Waals surface area contributed by atoms with Crippen LogP contribution in [0.5, 0.6) is 5.75 Å². The minimum Gasteiger partial charge on any atom is -0.494 e. The molecule has 26 heavy (non-hydrogen) atoms. The van der Waals surface area contributed by atoms with Crippen LogP contribution in [0.1, 0.15) is 25.0 Å². The highest BCUT2D eigenvalue weighted by atomic mass is 19.1. The van der Waals surface area contributed by atoms with Gasteiger partial charge in [0.2, 0.25) is 5.91 Å². The fourth-order valence-corrected chi connectivity index (χ4v) is 2.57. The number of carbonyl (C=O) groups is 1. The van der Waals surface area contributed by atoms with Gasteiger partial charge in [0.05, 0.1) is 12.7 Å². The van der Waals surface area contributed by atoms with Crippen molar-refractivity contribution < 1.29 is 19.0 Å². The van der Waals surface area contributed by atoms with E-state index in [0.29, 0.717) is 24.5 Å². The van der Waals surface area contributed by atoms with Crippen LogP contribution in [0.15, 0.2) is 54.6 Å². The summed E-state index contributed by atoms with van der Waals surface area (Å²) >= 11 is 0. The second-order valence-corrected chi connectivity index (χ2v) is 6.00. The Morgan fingerprint density at radius 3 is 2.73 bits per heavy atom. The van der Waals surface area contributed by atoms with Crippen molar-refractivity contribution >= 4 is 12.0 Å². The van der Waals surface area contributed by atoms with E-state index in [9.17, 15) is 14.3 Å². The van der Waals surface area contributed by atoms with Gasteiger partial charge in [-0.1, -0.05) is 30.3 Å². The molecule has 1 N–H and O–H groups in total. The van der Waals surface area contributed by atoms with E-state index in [-0.39, 0.29) is 18.3 Å². The lowest BCUT2D eigenvalue weighted by Gasteiger charge is -2.24. The lowest BCUT2D eigenvalue weighted by atomic mass is 10.1. The number of carbonyl (C=O) groups excluding carboxylic acids is 1. The van der Waals surface area contributed by atoms with Crippen LogP contribution in [0.25, 0.3) is 6.08 Å². The molecule has 2 aromatic rings. The number of nitrogens with zero attached hydrogens (tertiary/aromatic N) is 1. The number of aliphatic hydroxyl groups excluding tert-OH is 1. The maximum Gasteiger partial charge on any atom is 0.246 e.